The molecule has 46 valence electrons. The molecule has 0 aliphatic heterocycles. The molecule has 0 aliphatic carbocycles. The summed E-state index contributed by atoms with van der Waals surface area (Å²) >= 11 is 0. The first kappa shape index (κ1) is 7.80. The van der Waals surface area contributed by atoms with Crippen molar-refractivity contribution in [1.82, 2.24) is 0 Å². The van der Waals surface area contributed by atoms with Crippen molar-refractivity contribution in [3.05, 3.63) is 11.9 Å². The highest BCUT2D eigenvalue weighted by molar-refractivity contribution is 7.41. The van der Waals surface area contributed by atoms with Crippen molar-refractivity contribution in [3.8, 4) is 0 Å². The van der Waals surface area contributed by atoms with Crippen LogP contribution in [-0.4, -0.2) is 4.89 Å². The molecule has 0 heterocycles. The van der Waals surface area contributed by atoms with Gasteiger partial charge in [-0.3, -0.25) is 0 Å². The Hall–Kier alpha value is -0.200. The molecular formula is C5H10O2P+. The molecule has 0 saturated carbocycles. The second-order valence-corrected chi connectivity index (χ2v) is 2.79. The van der Waals surface area contributed by atoms with Crippen LogP contribution in [0.1, 0.15) is 13.8 Å². The summed E-state index contributed by atoms with van der Waals surface area (Å²) < 4.78 is 9.97. The van der Waals surface area contributed by atoms with Crippen molar-refractivity contribution in [1.29, 1.82) is 0 Å². The third kappa shape index (κ3) is 5.80. The van der Waals surface area contributed by atoms with Crippen molar-refractivity contribution in [2.24, 2.45) is 5.92 Å². The van der Waals surface area contributed by atoms with E-state index in [0.717, 1.165) is 0 Å². The van der Waals surface area contributed by atoms with Gasteiger partial charge in [-0.2, -0.15) is 4.89 Å². The molecule has 0 rings (SSSR count). The molecule has 1 N–H and O–H groups in total. The fourth-order valence-electron chi connectivity index (χ4n) is 0.246. The summed E-state index contributed by atoms with van der Waals surface area (Å²) in [4.78, 5) is 8.22. The molecule has 0 aliphatic rings. The summed E-state index contributed by atoms with van der Waals surface area (Å²) in [6.07, 6.45) is 1.71. The van der Waals surface area contributed by atoms with Crippen LogP contribution in [0.3, 0.4) is 0 Å². The van der Waals surface area contributed by atoms with Crippen LogP contribution < -0.4 is 0 Å². The SMILES string of the molecule is CC(C)C=C[P+](=O)O. The van der Waals surface area contributed by atoms with Crippen LogP contribution in [0.5, 0.6) is 0 Å². The topological polar surface area (TPSA) is 37.3 Å². The maximum absolute atomic E-state index is 9.97. The van der Waals surface area contributed by atoms with Gasteiger partial charge in [0, 0.05) is 0 Å². The number of rotatable bonds is 2. The molecular weight excluding hydrogens is 123 g/mol. The van der Waals surface area contributed by atoms with Crippen LogP contribution >= 0.6 is 8.03 Å². The monoisotopic (exact) mass is 133 g/mol. The predicted molar refractivity (Wildman–Crippen MR) is 33.8 cm³/mol. The van der Waals surface area contributed by atoms with Gasteiger partial charge in [-0.05, 0) is 16.6 Å². The van der Waals surface area contributed by atoms with Crippen LogP contribution in [0.2, 0.25) is 0 Å². The van der Waals surface area contributed by atoms with Crippen molar-refractivity contribution in [2.75, 3.05) is 0 Å². The molecule has 0 fully saturated rings. The minimum atomic E-state index is -2.06. The predicted octanol–water partition coefficient (Wildman–Crippen LogP) is 1.89. The molecule has 0 aromatic carbocycles. The summed E-state index contributed by atoms with van der Waals surface area (Å²) in [6, 6.07) is 0. The Balaban J connectivity index is 3.50. The highest BCUT2D eigenvalue weighted by Crippen LogP contribution is 2.15. The van der Waals surface area contributed by atoms with Crippen LogP contribution in [0.4, 0.5) is 0 Å². The van der Waals surface area contributed by atoms with Crippen molar-refractivity contribution in [3.63, 3.8) is 0 Å². The van der Waals surface area contributed by atoms with E-state index in [4.69, 9.17) is 4.89 Å². The van der Waals surface area contributed by atoms with E-state index in [1.807, 2.05) is 13.8 Å². The number of hydrogen-bond donors (Lipinski definition) is 1. The summed E-state index contributed by atoms with van der Waals surface area (Å²) in [5, 5.41) is 0. The first-order valence-corrected chi connectivity index (χ1v) is 3.74. The minimum absolute atomic E-state index is 0.362. The molecule has 0 saturated heterocycles. The van der Waals surface area contributed by atoms with E-state index in [0.29, 0.717) is 5.92 Å². The Kier molecular flexibility index (Phi) is 3.67. The smallest absolute Gasteiger partial charge is 0.157 e. The fourth-order valence-corrected chi connectivity index (χ4v) is 0.737. The summed E-state index contributed by atoms with van der Waals surface area (Å²) in [7, 11) is -2.06. The van der Waals surface area contributed by atoms with Crippen LogP contribution in [0, 0.1) is 5.92 Å². The molecule has 1 unspecified atom stereocenters. The molecule has 1 atom stereocenters. The normalized spacial score (nSPS) is 13.2. The lowest BCUT2D eigenvalue weighted by atomic mass is 10.2. The van der Waals surface area contributed by atoms with Gasteiger partial charge in [-0.15, -0.1) is 0 Å². The molecule has 0 radical (unpaired) electrons. The Morgan fingerprint density at radius 1 is 1.62 bits per heavy atom. The minimum Gasteiger partial charge on any atom is -0.157 e. The third-order valence-corrected chi connectivity index (χ3v) is 1.03. The zero-order valence-corrected chi connectivity index (χ0v) is 5.93. The number of hydrogen-bond acceptors (Lipinski definition) is 1. The van der Waals surface area contributed by atoms with Gasteiger partial charge >= 0.3 is 8.03 Å². The highest BCUT2D eigenvalue weighted by Gasteiger charge is 2.00. The average molecular weight is 133 g/mol. The van der Waals surface area contributed by atoms with E-state index in [1.165, 1.54) is 5.82 Å². The van der Waals surface area contributed by atoms with Crippen molar-refractivity contribution < 1.29 is 9.46 Å². The first-order valence-electron chi connectivity index (χ1n) is 2.46. The second kappa shape index (κ2) is 3.76. The largest absolute Gasteiger partial charge is 0.537 e. The van der Waals surface area contributed by atoms with E-state index in [9.17, 15) is 4.57 Å². The molecule has 0 bridgehead atoms. The third-order valence-electron chi connectivity index (χ3n) is 0.598. The van der Waals surface area contributed by atoms with Gasteiger partial charge in [0.05, 0.1) is 0 Å². The number of allylic oxidation sites excluding steroid dienone is 1. The molecule has 2 nitrogen and oxygen atoms in total. The Bertz CT molecular complexity index is 107. The standard InChI is InChI=1S/C5H9O2P/c1-5(2)3-4-8(6)7/h3-5H,1-2H3/p+1. The van der Waals surface area contributed by atoms with Crippen LogP contribution in [0.25, 0.3) is 0 Å². The molecule has 8 heavy (non-hydrogen) atoms. The van der Waals surface area contributed by atoms with Gasteiger partial charge in [0.2, 0.25) is 0 Å². The second-order valence-electron chi connectivity index (χ2n) is 1.89. The summed E-state index contributed by atoms with van der Waals surface area (Å²) in [5.74, 6) is 1.67. The lowest BCUT2D eigenvalue weighted by molar-refractivity contribution is 0.512. The first-order chi connectivity index (χ1) is 3.63. The van der Waals surface area contributed by atoms with Crippen molar-refractivity contribution >= 4 is 8.03 Å². The van der Waals surface area contributed by atoms with Gasteiger partial charge < -0.3 is 0 Å². The van der Waals surface area contributed by atoms with E-state index in [-0.39, 0.29) is 0 Å². The van der Waals surface area contributed by atoms with Crippen molar-refractivity contribution in [2.45, 2.75) is 13.8 Å². The zero-order valence-electron chi connectivity index (χ0n) is 5.03. The van der Waals surface area contributed by atoms with E-state index in [1.54, 1.807) is 6.08 Å². The average Bonchev–Trinajstić information content (AvgIpc) is 1.61. The summed E-state index contributed by atoms with van der Waals surface area (Å²) in [5.41, 5.74) is 0. The summed E-state index contributed by atoms with van der Waals surface area (Å²) in [6.45, 7) is 3.91. The van der Waals surface area contributed by atoms with Gasteiger partial charge in [0.25, 0.3) is 0 Å². The Morgan fingerprint density at radius 3 is 2.25 bits per heavy atom. The van der Waals surface area contributed by atoms with Gasteiger partial charge in [0.1, 0.15) is 0 Å². The lowest BCUT2D eigenvalue weighted by Crippen LogP contribution is -1.73. The van der Waals surface area contributed by atoms with Crippen LogP contribution in [-0.2, 0) is 4.57 Å². The fraction of sp³-hybridized carbons (Fsp3) is 0.600. The maximum atomic E-state index is 9.97. The molecule has 0 spiro atoms. The van der Waals surface area contributed by atoms with Gasteiger partial charge in [0.15, 0.2) is 5.82 Å². The Labute approximate surface area is 50.1 Å². The molecule has 3 heteroatoms. The van der Waals surface area contributed by atoms with E-state index >= 15 is 0 Å². The highest BCUT2D eigenvalue weighted by atomic mass is 31.1. The molecule has 0 amide bonds. The maximum Gasteiger partial charge on any atom is 0.537 e. The van der Waals surface area contributed by atoms with Gasteiger partial charge in [-0.1, -0.05) is 13.8 Å². The van der Waals surface area contributed by atoms with Crippen LogP contribution in [0.15, 0.2) is 11.9 Å². The lowest BCUT2D eigenvalue weighted by Gasteiger charge is -1.84. The quantitative estimate of drug-likeness (QED) is 0.584. The van der Waals surface area contributed by atoms with Gasteiger partial charge in [-0.25, -0.2) is 0 Å². The molecule has 0 aromatic rings. The zero-order chi connectivity index (χ0) is 6.57. The molecule has 0 aromatic heterocycles. The van der Waals surface area contributed by atoms with E-state index < -0.39 is 8.03 Å². The Morgan fingerprint density at radius 2 is 2.12 bits per heavy atom. The van der Waals surface area contributed by atoms with E-state index in [2.05, 4.69) is 0 Å².